The Morgan fingerprint density at radius 2 is 2.23 bits per heavy atom. The molecule has 1 aromatic carbocycles. The fourth-order valence-electron chi connectivity index (χ4n) is 1.73. The fraction of sp³-hybridized carbons (Fsp3) is 0.417. The van der Waals surface area contributed by atoms with E-state index in [2.05, 4.69) is 15.5 Å². The zero-order chi connectivity index (χ0) is 16.1. The minimum Gasteiger partial charge on any atom is -0.308 e. The molecule has 0 spiro atoms. The van der Waals surface area contributed by atoms with Crippen molar-refractivity contribution in [1.82, 2.24) is 25.1 Å². The van der Waals surface area contributed by atoms with E-state index in [1.54, 1.807) is 4.68 Å². The van der Waals surface area contributed by atoms with Gasteiger partial charge >= 0.3 is 0 Å². The second-order valence-corrected chi connectivity index (χ2v) is 5.71. The second kappa shape index (κ2) is 7.27. The van der Waals surface area contributed by atoms with Gasteiger partial charge in [0.1, 0.15) is 5.82 Å². The SMILES string of the molecule is CN(C)CCn1nnnc1SCc1c(F)cccc1[N+](=O)[O-]. The van der Waals surface area contributed by atoms with Crippen molar-refractivity contribution < 1.29 is 9.31 Å². The van der Waals surface area contributed by atoms with Gasteiger partial charge in [-0.25, -0.2) is 9.07 Å². The molecular formula is C12H15FN6O2S. The van der Waals surface area contributed by atoms with Crippen LogP contribution in [-0.4, -0.2) is 50.7 Å². The highest BCUT2D eigenvalue weighted by Gasteiger charge is 2.19. The van der Waals surface area contributed by atoms with Gasteiger partial charge in [-0.15, -0.1) is 5.10 Å². The standard InChI is InChI=1S/C12H15FN6O2S/c1-17(2)6-7-18-12(14-15-16-18)22-8-9-10(13)4-3-5-11(9)19(20)21/h3-5H,6-8H2,1-2H3. The average Bonchev–Trinajstić information content (AvgIpc) is 2.90. The molecule has 0 bridgehead atoms. The van der Waals surface area contributed by atoms with Gasteiger partial charge < -0.3 is 4.90 Å². The van der Waals surface area contributed by atoms with Crippen LogP contribution in [0.4, 0.5) is 10.1 Å². The van der Waals surface area contributed by atoms with Crippen molar-refractivity contribution in [3.05, 3.63) is 39.7 Å². The molecule has 2 rings (SSSR count). The van der Waals surface area contributed by atoms with Gasteiger partial charge in [-0.1, -0.05) is 17.8 Å². The van der Waals surface area contributed by atoms with Gasteiger partial charge in [0.05, 0.1) is 17.0 Å². The maximum Gasteiger partial charge on any atom is 0.276 e. The van der Waals surface area contributed by atoms with Crippen molar-refractivity contribution in [2.24, 2.45) is 0 Å². The first kappa shape index (κ1) is 16.3. The molecule has 0 amide bonds. The van der Waals surface area contributed by atoms with Crippen molar-refractivity contribution >= 4 is 17.4 Å². The lowest BCUT2D eigenvalue weighted by Crippen LogP contribution is -2.19. The summed E-state index contributed by atoms with van der Waals surface area (Å²) >= 11 is 1.17. The lowest BCUT2D eigenvalue weighted by atomic mass is 10.2. The molecule has 0 N–H and O–H groups in total. The molecule has 8 nitrogen and oxygen atoms in total. The largest absolute Gasteiger partial charge is 0.308 e. The number of thioether (sulfide) groups is 1. The van der Waals surface area contributed by atoms with Crippen LogP contribution in [-0.2, 0) is 12.3 Å². The summed E-state index contributed by atoms with van der Waals surface area (Å²) in [5, 5.41) is 22.8. The van der Waals surface area contributed by atoms with Gasteiger partial charge in [-0.2, -0.15) is 0 Å². The van der Waals surface area contributed by atoms with E-state index in [1.165, 1.54) is 30.0 Å². The van der Waals surface area contributed by atoms with E-state index in [-0.39, 0.29) is 17.0 Å². The molecule has 0 aliphatic heterocycles. The predicted molar refractivity (Wildman–Crippen MR) is 79.0 cm³/mol. The first-order valence-electron chi connectivity index (χ1n) is 6.44. The molecule has 0 radical (unpaired) electrons. The third-order valence-corrected chi connectivity index (χ3v) is 3.88. The van der Waals surface area contributed by atoms with Crippen LogP contribution in [0.25, 0.3) is 0 Å². The molecule has 1 heterocycles. The van der Waals surface area contributed by atoms with E-state index < -0.39 is 10.7 Å². The molecule has 0 unspecified atom stereocenters. The Morgan fingerprint density at radius 1 is 1.45 bits per heavy atom. The van der Waals surface area contributed by atoms with E-state index >= 15 is 0 Å². The molecule has 0 fully saturated rings. The van der Waals surface area contributed by atoms with Gasteiger partial charge in [-0.05, 0) is 30.6 Å². The quantitative estimate of drug-likeness (QED) is 0.433. The van der Waals surface area contributed by atoms with Crippen molar-refractivity contribution in [2.75, 3.05) is 20.6 Å². The second-order valence-electron chi connectivity index (χ2n) is 4.77. The number of tetrazole rings is 1. The summed E-state index contributed by atoms with van der Waals surface area (Å²) in [6.45, 7) is 1.33. The number of benzene rings is 1. The van der Waals surface area contributed by atoms with Crippen LogP contribution < -0.4 is 0 Å². The monoisotopic (exact) mass is 326 g/mol. The minimum atomic E-state index is -0.603. The van der Waals surface area contributed by atoms with Gasteiger partial charge in [0.2, 0.25) is 5.16 Å². The number of likely N-dealkylation sites (N-methyl/N-ethyl adjacent to an activating group) is 1. The maximum absolute atomic E-state index is 13.8. The van der Waals surface area contributed by atoms with Crippen LogP contribution in [0.2, 0.25) is 0 Å². The summed E-state index contributed by atoms with van der Waals surface area (Å²) in [6.07, 6.45) is 0. The first-order valence-corrected chi connectivity index (χ1v) is 7.43. The fourth-order valence-corrected chi connectivity index (χ4v) is 2.66. The highest BCUT2D eigenvalue weighted by molar-refractivity contribution is 7.98. The Morgan fingerprint density at radius 3 is 2.91 bits per heavy atom. The highest BCUT2D eigenvalue weighted by atomic mass is 32.2. The van der Waals surface area contributed by atoms with Crippen LogP contribution in [0.15, 0.2) is 23.4 Å². The zero-order valence-corrected chi connectivity index (χ0v) is 13.0. The molecule has 0 aliphatic rings. The normalized spacial score (nSPS) is 11.1. The topological polar surface area (TPSA) is 90.0 Å². The van der Waals surface area contributed by atoms with Crippen molar-refractivity contribution in [3.63, 3.8) is 0 Å². The lowest BCUT2D eigenvalue weighted by Gasteiger charge is -2.09. The molecule has 2 aromatic rings. The van der Waals surface area contributed by atoms with Gasteiger partial charge in [0.25, 0.3) is 5.69 Å². The van der Waals surface area contributed by atoms with E-state index in [1.807, 2.05) is 19.0 Å². The Kier molecular flexibility index (Phi) is 5.39. The number of aromatic nitrogens is 4. The Labute approximate surface area is 130 Å². The molecule has 10 heteroatoms. The van der Waals surface area contributed by atoms with Gasteiger partial charge in [0.15, 0.2) is 0 Å². The smallest absolute Gasteiger partial charge is 0.276 e. The van der Waals surface area contributed by atoms with E-state index in [4.69, 9.17) is 0 Å². The Hall–Kier alpha value is -2.07. The number of rotatable bonds is 7. The molecule has 0 atom stereocenters. The Bertz CT molecular complexity index is 663. The molecule has 0 saturated heterocycles. The molecule has 0 aliphatic carbocycles. The summed E-state index contributed by atoms with van der Waals surface area (Å²) in [6, 6.07) is 3.81. The molecule has 0 saturated carbocycles. The predicted octanol–water partition coefficient (Wildman–Crippen LogP) is 1.57. The summed E-state index contributed by atoms with van der Waals surface area (Å²) in [4.78, 5) is 12.4. The molecule has 118 valence electrons. The number of hydrogen-bond acceptors (Lipinski definition) is 7. The molecule has 1 aromatic heterocycles. The third kappa shape index (κ3) is 3.98. The van der Waals surface area contributed by atoms with Crippen molar-refractivity contribution in [2.45, 2.75) is 17.5 Å². The number of hydrogen-bond donors (Lipinski definition) is 0. The van der Waals surface area contributed by atoms with Crippen molar-refractivity contribution in [1.29, 1.82) is 0 Å². The van der Waals surface area contributed by atoms with Crippen LogP contribution in [0.1, 0.15) is 5.56 Å². The maximum atomic E-state index is 13.8. The molecule has 22 heavy (non-hydrogen) atoms. The number of halogens is 1. The van der Waals surface area contributed by atoms with Crippen LogP contribution >= 0.6 is 11.8 Å². The van der Waals surface area contributed by atoms with E-state index in [0.717, 1.165) is 6.54 Å². The summed E-state index contributed by atoms with van der Waals surface area (Å²) < 4.78 is 15.4. The number of nitrogens with zero attached hydrogens (tertiary/aromatic N) is 6. The van der Waals surface area contributed by atoms with Crippen LogP contribution in [0.3, 0.4) is 0 Å². The third-order valence-electron chi connectivity index (χ3n) is 2.89. The summed E-state index contributed by atoms with van der Waals surface area (Å²) in [7, 11) is 3.86. The number of nitro benzene ring substituents is 1. The van der Waals surface area contributed by atoms with Gasteiger partial charge in [0, 0.05) is 18.4 Å². The summed E-state index contributed by atoms with van der Waals surface area (Å²) in [5.74, 6) is -0.514. The van der Waals surface area contributed by atoms with Gasteiger partial charge in [-0.3, -0.25) is 10.1 Å². The lowest BCUT2D eigenvalue weighted by molar-refractivity contribution is -0.385. The van der Waals surface area contributed by atoms with Crippen LogP contribution in [0.5, 0.6) is 0 Å². The van der Waals surface area contributed by atoms with E-state index in [9.17, 15) is 14.5 Å². The Balaban J connectivity index is 2.11. The van der Waals surface area contributed by atoms with E-state index in [0.29, 0.717) is 11.7 Å². The molecular weight excluding hydrogens is 311 g/mol. The van der Waals surface area contributed by atoms with Crippen LogP contribution in [0, 0.1) is 15.9 Å². The number of nitro groups is 1. The van der Waals surface area contributed by atoms with Crippen molar-refractivity contribution in [3.8, 4) is 0 Å². The summed E-state index contributed by atoms with van der Waals surface area (Å²) in [5.41, 5.74) is -0.195. The highest BCUT2D eigenvalue weighted by Crippen LogP contribution is 2.28. The first-order chi connectivity index (χ1) is 10.5. The average molecular weight is 326 g/mol. The minimum absolute atomic E-state index is 0.0414. The zero-order valence-electron chi connectivity index (χ0n) is 12.1.